The molecule has 6 nitrogen and oxygen atoms in total. The maximum atomic E-state index is 12.0. The van der Waals surface area contributed by atoms with Crippen LogP contribution in [0.3, 0.4) is 0 Å². The second-order valence-corrected chi connectivity index (χ2v) is 6.33. The Bertz CT molecular complexity index is 566. The first-order valence-electron chi connectivity index (χ1n) is 6.88. The Balaban J connectivity index is 0.00000242. The van der Waals surface area contributed by atoms with Gasteiger partial charge in [-0.1, -0.05) is 37.3 Å². The molecule has 3 atom stereocenters. The van der Waals surface area contributed by atoms with Crippen molar-refractivity contribution in [1.82, 2.24) is 4.90 Å². The van der Waals surface area contributed by atoms with Crippen molar-refractivity contribution in [2.45, 2.75) is 25.9 Å². The van der Waals surface area contributed by atoms with Crippen LogP contribution < -0.4 is 5.73 Å². The average molecular weight is 328 g/mol. The highest BCUT2D eigenvalue weighted by Gasteiger charge is 2.75. The van der Waals surface area contributed by atoms with E-state index in [0.29, 0.717) is 12.8 Å². The van der Waals surface area contributed by atoms with Crippen LogP contribution in [0.4, 0.5) is 0 Å². The molecule has 0 aliphatic heterocycles. The lowest BCUT2D eigenvalue weighted by atomic mass is 9.85. The molecule has 22 heavy (non-hydrogen) atoms. The summed E-state index contributed by atoms with van der Waals surface area (Å²) in [7, 11) is 3.32. The lowest BCUT2D eigenvalue weighted by molar-refractivity contribution is -0.562. The number of rotatable bonds is 6. The monoisotopic (exact) mass is 327 g/mol. The van der Waals surface area contributed by atoms with Gasteiger partial charge in [-0.3, -0.25) is 14.9 Å². The maximum absolute atomic E-state index is 12.0. The van der Waals surface area contributed by atoms with Gasteiger partial charge in [0.25, 0.3) is 6.17 Å². The highest BCUT2D eigenvalue weighted by atomic mass is 35.5. The smallest absolute Gasteiger partial charge is 0.274 e. The Kier molecular flexibility index (Phi) is 5.20. The van der Waals surface area contributed by atoms with Crippen LogP contribution in [0.15, 0.2) is 30.3 Å². The van der Waals surface area contributed by atoms with Crippen molar-refractivity contribution in [2.24, 2.45) is 16.6 Å². The largest absolute Gasteiger partial charge is 0.369 e. The molecule has 0 spiro atoms. The molecule has 7 heteroatoms. The number of nitro groups is 1. The summed E-state index contributed by atoms with van der Waals surface area (Å²) in [4.78, 5) is 24.7. The predicted octanol–water partition coefficient (Wildman–Crippen LogP) is 1.70. The van der Waals surface area contributed by atoms with Crippen LogP contribution in [0.2, 0.25) is 0 Å². The van der Waals surface area contributed by atoms with E-state index in [1.807, 2.05) is 30.3 Å². The lowest BCUT2D eigenvalue weighted by Gasteiger charge is -2.27. The van der Waals surface area contributed by atoms with Gasteiger partial charge in [0.2, 0.25) is 5.91 Å². The Morgan fingerprint density at radius 1 is 1.41 bits per heavy atom. The first-order valence-corrected chi connectivity index (χ1v) is 6.88. The van der Waals surface area contributed by atoms with E-state index in [1.165, 1.54) is 0 Å². The highest BCUT2D eigenvalue weighted by molar-refractivity contribution is 5.86. The minimum Gasteiger partial charge on any atom is -0.369 e. The molecule has 0 heterocycles. The Morgan fingerprint density at radius 3 is 2.36 bits per heavy atom. The molecule has 2 N–H and O–H groups in total. The Morgan fingerprint density at radius 2 is 1.95 bits per heavy atom. The average Bonchev–Trinajstić information content (AvgIpc) is 2.96. The van der Waals surface area contributed by atoms with Crippen molar-refractivity contribution in [3.05, 3.63) is 46.0 Å². The van der Waals surface area contributed by atoms with Gasteiger partial charge in [0, 0.05) is 4.92 Å². The van der Waals surface area contributed by atoms with E-state index < -0.39 is 22.9 Å². The molecule has 0 radical (unpaired) electrons. The molecule has 1 aliphatic carbocycles. The number of primary amides is 1. The molecule has 1 aliphatic rings. The van der Waals surface area contributed by atoms with Crippen molar-refractivity contribution in [1.29, 1.82) is 0 Å². The molecule has 0 bridgehead atoms. The normalized spacial score (nSPS) is 27.8. The van der Waals surface area contributed by atoms with E-state index in [0.717, 1.165) is 5.56 Å². The number of halogens is 1. The van der Waals surface area contributed by atoms with Gasteiger partial charge in [-0.2, -0.15) is 0 Å². The number of hydrogen-bond acceptors (Lipinski definition) is 4. The zero-order valence-electron chi connectivity index (χ0n) is 13.0. The van der Waals surface area contributed by atoms with E-state index in [2.05, 4.69) is 0 Å². The number of nitrogens with two attached hydrogens (primary N) is 1. The van der Waals surface area contributed by atoms with Crippen LogP contribution in [0.1, 0.15) is 18.9 Å². The molecule has 1 saturated carbocycles. The molecule has 1 fully saturated rings. The van der Waals surface area contributed by atoms with Crippen LogP contribution in [-0.4, -0.2) is 36.0 Å². The molecular weight excluding hydrogens is 306 g/mol. The van der Waals surface area contributed by atoms with Gasteiger partial charge < -0.3 is 5.73 Å². The minimum atomic E-state index is -0.922. The van der Waals surface area contributed by atoms with Crippen molar-refractivity contribution in [3.63, 3.8) is 0 Å². The molecule has 122 valence electrons. The molecule has 1 aromatic carbocycles. The maximum Gasteiger partial charge on any atom is 0.274 e. The second-order valence-electron chi connectivity index (χ2n) is 6.33. The zero-order chi connectivity index (χ0) is 15.8. The van der Waals surface area contributed by atoms with E-state index in [9.17, 15) is 14.9 Å². The van der Waals surface area contributed by atoms with Crippen LogP contribution >= 0.6 is 12.4 Å². The van der Waals surface area contributed by atoms with Gasteiger partial charge in [-0.05, 0) is 32.5 Å². The standard InChI is InChI=1S/C15H21N3O3.ClH/c1-14(13(17(2)3)18(20)21)10-15(14,12(16)19)9-11-7-5-4-6-8-11;/h4-8,13H,9-10H2,1-3H3,(H2,16,19);1H. The number of amides is 1. The third kappa shape index (κ3) is 2.80. The van der Waals surface area contributed by atoms with E-state index >= 15 is 0 Å². The summed E-state index contributed by atoms with van der Waals surface area (Å²) in [5.74, 6) is -0.456. The molecule has 2 rings (SSSR count). The Hall–Kier alpha value is -1.66. The Labute approximate surface area is 136 Å². The van der Waals surface area contributed by atoms with Crippen LogP contribution in [0.5, 0.6) is 0 Å². The van der Waals surface area contributed by atoms with Gasteiger partial charge >= 0.3 is 0 Å². The first kappa shape index (κ1) is 18.4. The SMILES string of the molecule is CN(C)C([N+](=O)[O-])C1(C)CC1(Cc1ccccc1)C(N)=O.Cl. The molecule has 3 unspecified atom stereocenters. The van der Waals surface area contributed by atoms with E-state index in [1.54, 1.807) is 25.9 Å². The predicted molar refractivity (Wildman–Crippen MR) is 86.2 cm³/mol. The number of hydrogen-bond donors (Lipinski definition) is 1. The zero-order valence-corrected chi connectivity index (χ0v) is 13.8. The van der Waals surface area contributed by atoms with Crippen molar-refractivity contribution >= 4 is 18.3 Å². The third-order valence-corrected chi connectivity index (χ3v) is 4.72. The van der Waals surface area contributed by atoms with Crippen molar-refractivity contribution in [3.8, 4) is 0 Å². The number of carbonyl (C=O) groups excluding carboxylic acids is 1. The van der Waals surface area contributed by atoms with Crippen LogP contribution in [-0.2, 0) is 11.2 Å². The van der Waals surface area contributed by atoms with Crippen molar-refractivity contribution < 1.29 is 9.72 Å². The second kappa shape index (κ2) is 6.22. The summed E-state index contributed by atoms with van der Waals surface area (Å²) in [5.41, 5.74) is 4.99. The topological polar surface area (TPSA) is 89.5 Å². The molecule has 1 aromatic rings. The summed E-state index contributed by atoms with van der Waals surface area (Å²) in [5, 5.41) is 11.4. The van der Waals surface area contributed by atoms with Gasteiger partial charge in [0.15, 0.2) is 0 Å². The molecular formula is C15H22ClN3O3. The number of carbonyl (C=O) groups is 1. The van der Waals surface area contributed by atoms with Crippen molar-refractivity contribution in [2.75, 3.05) is 14.1 Å². The number of nitrogens with zero attached hydrogens (tertiary/aromatic N) is 2. The quantitative estimate of drug-likeness (QED) is 0.489. The summed E-state index contributed by atoms with van der Waals surface area (Å²) in [6.07, 6.45) is -0.0416. The van der Waals surface area contributed by atoms with Crippen LogP contribution in [0.25, 0.3) is 0 Å². The van der Waals surface area contributed by atoms with Gasteiger partial charge in [-0.15, -0.1) is 12.4 Å². The molecule has 0 aromatic heterocycles. The van der Waals surface area contributed by atoms with Gasteiger partial charge in [0.1, 0.15) is 0 Å². The fraction of sp³-hybridized carbons (Fsp3) is 0.533. The van der Waals surface area contributed by atoms with E-state index in [4.69, 9.17) is 5.73 Å². The van der Waals surface area contributed by atoms with E-state index in [-0.39, 0.29) is 17.3 Å². The van der Waals surface area contributed by atoms with Gasteiger partial charge in [0.05, 0.1) is 10.8 Å². The number of benzene rings is 1. The fourth-order valence-corrected chi connectivity index (χ4v) is 3.58. The highest BCUT2D eigenvalue weighted by Crippen LogP contribution is 2.67. The molecule has 0 saturated heterocycles. The first-order chi connectivity index (χ1) is 9.74. The summed E-state index contributed by atoms with van der Waals surface area (Å²) in [6.45, 7) is 1.79. The third-order valence-electron chi connectivity index (χ3n) is 4.72. The summed E-state index contributed by atoms with van der Waals surface area (Å²) >= 11 is 0. The summed E-state index contributed by atoms with van der Waals surface area (Å²) < 4.78 is 0. The summed E-state index contributed by atoms with van der Waals surface area (Å²) in [6, 6.07) is 9.51. The van der Waals surface area contributed by atoms with Gasteiger partial charge in [-0.25, -0.2) is 4.90 Å². The lowest BCUT2D eigenvalue weighted by Crippen LogP contribution is -2.47. The minimum absolute atomic E-state index is 0. The molecule has 1 amide bonds. The fourth-order valence-electron chi connectivity index (χ4n) is 3.58. The van der Waals surface area contributed by atoms with Crippen LogP contribution in [0, 0.1) is 20.9 Å².